The third kappa shape index (κ3) is 2.49. The van der Waals surface area contributed by atoms with Crippen molar-refractivity contribution in [3.05, 3.63) is 29.8 Å². The van der Waals surface area contributed by atoms with Crippen molar-refractivity contribution < 1.29 is 14.3 Å². The van der Waals surface area contributed by atoms with Crippen molar-refractivity contribution in [2.75, 3.05) is 14.2 Å². The second-order valence-electron chi connectivity index (χ2n) is 4.06. The zero-order chi connectivity index (χ0) is 12.3. The van der Waals surface area contributed by atoms with E-state index >= 15 is 0 Å². The average Bonchev–Trinajstić information content (AvgIpc) is 2.38. The van der Waals surface area contributed by atoms with Crippen LogP contribution in [-0.4, -0.2) is 20.0 Å². The topological polar surface area (TPSA) is 35.5 Å². The van der Waals surface area contributed by atoms with Gasteiger partial charge in [-0.3, -0.25) is 4.79 Å². The molecule has 0 atom stereocenters. The Bertz CT molecular complexity index is 461. The van der Waals surface area contributed by atoms with E-state index in [2.05, 4.69) is 0 Å². The molecule has 0 saturated heterocycles. The van der Waals surface area contributed by atoms with Crippen LogP contribution in [0.3, 0.4) is 0 Å². The lowest BCUT2D eigenvalue weighted by atomic mass is 9.93. The predicted molar refractivity (Wildman–Crippen MR) is 66.4 cm³/mol. The highest BCUT2D eigenvalue weighted by atomic mass is 16.5. The molecule has 0 saturated carbocycles. The minimum atomic E-state index is 0.209. The Hall–Kier alpha value is -1.77. The SMILES string of the molecule is COc1ccc(C2=CC(=O)CCC2)cc1OC. The van der Waals surface area contributed by atoms with Crippen LogP contribution >= 0.6 is 0 Å². The first kappa shape index (κ1) is 11.7. The highest BCUT2D eigenvalue weighted by Crippen LogP contribution is 2.33. The van der Waals surface area contributed by atoms with E-state index in [1.165, 1.54) is 0 Å². The summed E-state index contributed by atoms with van der Waals surface area (Å²) in [5, 5.41) is 0. The molecule has 0 bridgehead atoms. The second-order valence-corrected chi connectivity index (χ2v) is 4.06. The highest BCUT2D eigenvalue weighted by Gasteiger charge is 2.13. The molecule has 0 fully saturated rings. The van der Waals surface area contributed by atoms with Crippen molar-refractivity contribution in [1.29, 1.82) is 0 Å². The van der Waals surface area contributed by atoms with Gasteiger partial charge in [-0.05, 0) is 42.2 Å². The fourth-order valence-electron chi connectivity index (χ4n) is 2.06. The Labute approximate surface area is 101 Å². The van der Waals surface area contributed by atoms with Gasteiger partial charge in [0.15, 0.2) is 17.3 Å². The first-order chi connectivity index (χ1) is 8.24. The first-order valence-corrected chi connectivity index (χ1v) is 5.70. The van der Waals surface area contributed by atoms with Crippen LogP contribution in [0, 0.1) is 0 Å². The molecule has 0 amide bonds. The maximum atomic E-state index is 11.4. The average molecular weight is 232 g/mol. The van der Waals surface area contributed by atoms with Gasteiger partial charge in [-0.25, -0.2) is 0 Å². The molecule has 1 aliphatic carbocycles. The number of rotatable bonds is 3. The van der Waals surface area contributed by atoms with Crippen LogP contribution in [0.25, 0.3) is 5.57 Å². The van der Waals surface area contributed by atoms with Gasteiger partial charge in [0.05, 0.1) is 14.2 Å². The summed E-state index contributed by atoms with van der Waals surface area (Å²) < 4.78 is 10.4. The summed E-state index contributed by atoms with van der Waals surface area (Å²) in [7, 11) is 3.23. The van der Waals surface area contributed by atoms with E-state index in [1.807, 2.05) is 18.2 Å². The van der Waals surface area contributed by atoms with Crippen LogP contribution in [-0.2, 0) is 4.79 Å². The summed E-state index contributed by atoms with van der Waals surface area (Å²) in [5.74, 6) is 1.61. The molecule has 0 unspecified atom stereocenters. The highest BCUT2D eigenvalue weighted by molar-refractivity contribution is 5.98. The van der Waals surface area contributed by atoms with Crippen molar-refractivity contribution >= 4 is 11.4 Å². The third-order valence-corrected chi connectivity index (χ3v) is 2.96. The molecule has 0 radical (unpaired) electrons. The monoisotopic (exact) mass is 232 g/mol. The molecular formula is C14H16O3. The molecule has 1 aliphatic rings. The van der Waals surface area contributed by atoms with E-state index in [0.717, 1.165) is 24.0 Å². The van der Waals surface area contributed by atoms with E-state index in [0.29, 0.717) is 17.9 Å². The Balaban J connectivity index is 2.36. The molecule has 1 aromatic rings. The Kier molecular flexibility index (Phi) is 3.47. The molecule has 0 aromatic heterocycles. The third-order valence-electron chi connectivity index (χ3n) is 2.96. The van der Waals surface area contributed by atoms with Gasteiger partial charge in [-0.2, -0.15) is 0 Å². The molecule has 0 N–H and O–H groups in total. The number of hydrogen-bond donors (Lipinski definition) is 0. The van der Waals surface area contributed by atoms with Gasteiger partial charge in [-0.15, -0.1) is 0 Å². The van der Waals surface area contributed by atoms with Crippen LogP contribution in [0.5, 0.6) is 11.5 Å². The number of hydrogen-bond acceptors (Lipinski definition) is 3. The van der Waals surface area contributed by atoms with Gasteiger partial charge in [0.1, 0.15) is 0 Å². The van der Waals surface area contributed by atoms with E-state index in [4.69, 9.17) is 9.47 Å². The number of ether oxygens (including phenoxy) is 2. The van der Waals surface area contributed by atoms with E-state index in [9.17, 15) is 4.79 Å². The second kappa shape index (κ2) is 5.04. The van der Waals surface area contributed by atoms with Crippen molar-refractivity contribution in [2.45, 2.75) is 19.3 Å². The quantitative estimate of drug-likeness (QED) is 0.803. The maximum Gasteiger partial charge on any atom is 0.161 e. The van der Waals surface area contributed by atoms with Gasteiger partial charge < -0.3 is 9.47 Å². The zero-order valence-electron chi connectivity index (χ0n) is 10.2. The van der Waals surface area contributed by atoms with Crippen LogP contribution in [0.15, 0.2) is 24.3 Å². The van der Waals surface area contributed by atoms with Crippen molar-refractivity contribution in [2.24, 2.45) is 0 Å². The van der Waals surface area contributed by atoms with Crippen LogP contribution in [0.1, 0.15) is 24.8 Å². The zero-order valence-corrected chi connectivity index (χ0v) is 10.2. The van der Waals surface area contributed by atoms with E-state index in [-0.39, 0.29) is 5.78 Å². The lowest BCUT2D eigenvalue weighted by Crippen LogP contribution is -2.02. The predicted octanol–water partition coefficient (Wildman–Crippen LogP) is 2.84. The number of ketones is 1. The van der Waals surface area contributed by atoms with Gasteiger partial charge in [0.2, 0.25) is 0 Å². The molecule has 0 spiro atoms. The number of allylic oxidation sites excluding steroid dienone is 2. The van der Waals surface area contributed by atoms with E-state index in [1.54, 1.807) is 20.3 Å². The van der Waals surface area contributed by atoms with Crippen molar-refractivity contribution in [3.63, 3.8) is 0 Å². The molecule has 3 nitrogen and oxygen atoms in total. The Morgan fingerprint density at radius 2 is 1.82 bits per heavy atom. The lowest BCUT2D eigenvalue weighted by Gasteiger charge is -2.14. The minimum Gasteiger partial charge on any atom is -0.493 e. The first-order valence-electron chi connectivity index (χ1n) is 5.70. The van der Waals surface area contributed by atoms with Crippen LogP contribution < -0.4 is 9.47 Å². The number of methoxy groups -OCH3 is 2. The molecular weight excluding hydrogens is 216 g/mol. The lowest BCUT2D eigenvalue weighted by molar-refractivity contribution is -0.114. The maximum absolute atomic E-state index is 11.4. The molecule has 2 rings (SSSR count). The van der Waals surface area contributed by atoms with Crippen LogP contribution in [0.2, 0.25) is 0 Å². The Morgan fingerprint density at radius 1 is 1.06 bits per heavy atom. The fraction of sp³-hybridized carbons (Fsp3) is 0.357. The molecule has 1 aromatic carbocycles. The molecule has 0 heterocycles. The van der Waals surface area contributed by atoms with Crippen LogP contribution in [0.4, 0.5) is 0 Å². The Morgan fingerprint density at radius 3 is 2.47 bits per heavy atom. The largest absolute Gasteiger partial charge is 0.493 e. The number of carbonyl (C=O) groups excluding carboxylic acids is 1. The summed E-state index contributed by atoms with van der Waals surface area (Å²) in [6, 6.07) is 5.75. The van der Waals surface area contributed by atoms with Crippen molar-refractivity contribution in [1.82, 2.24) is 0 Å². The smallest absolute Gasteiger partial charge is 0.161 e. The summed E-state index contributed by atoms with van der Waals surface area (Å²) in [5.41, 5.74) is 2.12. The van der Waals surface area contributed by atoms with Gasteiger partial charge >= 0.3 is 0 Å². The minimum absolute atomic E-state index is 0.209. The summed E-state index contributed by atoms with van der Waals surface area (Å²) >= 11 is 0. The molecule has 0 aliphatic heterocycles. The molecule has 90 valence electrons. The van der Waals surface area contributed by atoms with Crippen molar-refractivity contribution in [3.8, 4) is 11.5 Å². The number of benzene rings is 1. The van der Waals surface area contributed by atoms with Gasteiger partial charge in [-0.1, -0.05) is 6.07 Å². The summed E-state index contributed by atoms with van der Waals surface area (Å²) in [4.78, 5) is 11.4. The summed E-state index contributed by atoms with van der Waals surface area (Å²) in [6.07, 6.45) is 4.28. The number of carbonyl (C=O) groups is 1. The molecule has 3 heteroatoms. The van der Waals surface area contributed by atoms with Gasteiger partial charge in [0, 0.05) is 6.42 Å². The standard InChI is InChI=1S/C14H16O3/c1-16-13-7-6-11(9-14(13)17-2)10-4-3-5-12(15)8-10/h6-9H,3-5H2,1-2H3. The molecule has 17 heavy (non-hydrogen) atoms. The summed E-state index contributed by atoms with van der Waals surface area (Å²) in [6.45, 7) is 0. The normalized spacial score (nSPS) is 15.4. The fourth-order valence-corrected chi connectivity index (χ4v) is 2.06. The van der Waals surface area contributed by atoms with E-state index < -0.39 is 0 Å². The van der Waals surface area contributed by atoms with Gasteiger partial charge in [0.25, 0.3) is 0 Å².